The lowest BCUT2D eigenvalue weighted by molar-refractivity contribution is 0.00578. The van der Waals surface area contributed by atoms with E-state index >= 15 is 0 Å². The molecule has 2 atom stereocenters. The second-order valence-corrected chi connectivity index (χ2v) is 11.0. The highest BCUT2D eigenvalue weighted by Crippen LogP contribution is 2.36. The predicted molar refractivity (Wildman–Crippen MR) is 107 cm³/mol. The van der Waals surface area contributed by atoms with Crippen molar-refractivity contribution in [2.75, 3.05) is 13.2 Å². The van der Waals surface area contributed by atoms with Crippen LogP contribution in [0.1, 0.15) is 53.0 Å². The Hall–Kier alpha value is -0.925. The third-order valence-corrected chi connectivity index (χ3v) is 7.78. The number of hydrogen-bond donors (Lipinski definition) is 1. The van der Waals surface area contributed by atoms with Crippen LogP contribution in [0, 0.1) is 0 Å². The lowest BCUT2D eigenvalue weighted by Crippen LogP contribution is -2.42. The Balaban J connectivity index is 1.74. The number of ether oxygens (including phenoxy) is 1. The van der Waals surface area contributed by atoms with Crippen LogP contribution in [0.15, 0.2) is 24.3 Å². The first kappa shape index (κ1) is 20.8. The largest absolute Gasteiger partial charge is 0.494 e. The molecule has 1 aromatic rings. The summed E-state index contributed by atoms with van der Waals surface area (Å²) in [6, 6.07) is 7.75. The number of hydrogen-bond acceptors (Lipinski definition) is 5. The highest BCUT2D eigenvalue weighted by molar-refractivity contribution is 7.90. The summed E-state index contributed by atoms with van der Waals surface area (Å²) in [5.74, 6) is -0.00845. The molecule has 3 rings (SSSR count). The molecule has 0 amide bonds. The second-order valence-electron chi connectivity index (χ2n) is 8.72. The van der Waals surface area contributed by atoms with Crippen molar-refractivity contribution in [3.63, 3.8) is 0 Å². The van der Waals surface area contributed by atoms with Crippen molar-refractivity contribution in [1.29, 1.82) is 0 Å². The van der Waals surface area contributed by atoms with E-state index in [0.717, 1.165) is 11.0 Å². The van der Waals surface area contributed by atoms with Crippen LogP contribution in [0.3, 0.4) is 0 Å². The Morgan fingerprint density at radius 2 is 1.59 bits per heavy atom. The molecule has 1 aromatic carbocycles. The van der Waals surface area contributed by atoms with Crippen LogP contribution in [0.4, 0.5) is 0 Å². The van der Waals surface area contributed by atoms with E-state index in [1.807, 2.05) is 52.0 Å². The normalized spacial score (nSPS) is 27.4. The number of nitrogens with one attached hydrogen (secondary N) is 1. The third kappa shape index (κ3) is 4.10. The minimum absolute atomic E-state index is 0.00845. The van der Waals surface area contributed by atoms with E-state index in [2.05, 4.69) is 4.72 Å². The van der Waals surface area contributed by atoms with Crippen molar-refractivity contribution in [2.24, 2.45) is 0 Å². The molecule has 0 aromatic heterocycles. The van der Waals surface area contributed by atoms with Gasteiger partial charge in [-0.05, 0) is 52.6 Å². The first-order chi connectivity index (χ1) is 12.4. The van der Waals surface area contributed by atoms with Gasteiger partial charge >= 0.3 is 7.12 Å². The van der Waals surface area contributed by atoms with Gasteiger partial charge in [-0.25, -0.2) is 13.1 Å². The van der Waals surface area contributed by atoms with Gasteiger partial charge in [0.2, 0.25) is 10.0 Å². The molecule has 0 radical (unpaired) electrons. The Labute approximate surface area is 163 Å². The minimum atomic E-state index is -3.34. The van der Waals surface area contributed by atoms with Crippen molar-refractivity contribution in [2.45, 2.75) is 70.0 Å². The summed E-state index contributed by atoms with van der Waals surface area (Å²) in [5, 5.41) is -0.468. The maximum atomic E-state index is 12.2. The molecule has 2 fully saturated rings. The van der Waals surface area contributed by atoms with E-state index in [1.54, 1.807) is 13.8 Å². The van der Waals surface area contributed by atoms with Gasteiger partial charge in [-0.2, -0.15) is 0 Å². The lowest BCUT2D eigenvalue weighted by Gasteiger charge is -2.32. The summed E-state index contributed by atoms with van der Waals surface area (Å²) in [4.78, 5) is 0. The van der Waals surface area contributed by atoms with E-state index in [0.29, 0.717) is 13.2 Å². The molecule has 2 aliphatic heterocycles. The molecular weight excluding hydrogens is 365 g/mol. The van der Waals surface area contributed by atoms with Crippen LogP contribution in [-0.2, 0) is 24.1 Å². The fourth-order valence-corrected chi connectivity index (χ4v) is 4.15. The van der Waals surface area contributed by atoms with E-state index in [4.69, 9.17) is 14.0 Å². The van der Waals surface area contributed by atoms with Gasteiger partial charge in [-0.15, -0.1) is 0 Å². The third-order valence-electron chi connectivity index (χ3n) is 5.91. The average Bonchev–Trinajstić information content (AvgIpc) is 3.09. The maximum Gasteiger partial charge on any atom is 0.494 e. The molecule has 0 saturated carbocycles. The van der Waals surface area contributed by atoms with Crippen LogP contribution in [0.5, 0.6) is 0 Å². The molecule has 2 saturated heterocycles. The van der Waals surface area contributed by atoms with Gasteiger partial charge in [0.25, 0.3) is 0 Å². The number of benzene rings is 1. The molecule has 2 heterocycles. The van der Waals surface area contributed by atoms with Crippen LogP contribution in [0.25, 0.3) is 0 Å². The van der Waals surface area contributed by atoms with E-state index < -0.39 is 22.4 Å². The zero-order valence-corrected chi connectivity index (χ0v) is 17.8. The van der Waals surface area contributed by atoms with Crippen molar-refractivity contribution < 1.29 is 22.5 Å². The molecule has 0 aliphatic carbocycles. The molecule has 0 bridgehead atoms. The van der Waals surface area contributed by atoms with Gasteiger partial charge in [-0.1, -0.05) is 24.3 Å². The first-order valence-corrected chi connectivity index (χ1v) is 11.0. The fourth-order valence-electron chi connectivity index (χ4n) is 3.23. The van der Waals surface area contributed by atoms with Crippen LogP contribution in [-0.4, -0.2) is 51.2 Å². The lowest BCUT2D eigenvalue weighted by atomic mass is 9.78. The zero-order valence-electron chi connectivity index (χ0n) is 17.0. The molecule has 0 spiro atoms. The molecule has 0 unspecified atom stereocenters. The Kier molecular flexibility index (Phi) is 5.51. The second kappa shape index (κ2) is 7.15. The predicted octanol–water partition coefficient (Wildman–Crippen LogP) is 1.80. The summed E-state index contributed by atoms with van der Waals surface area (Å²) in [6.07, 6.45) is 0. The molecule has 2 aliphatic rings. The summed E-state index contributed by atoms with van der Waals surface area (Å²) in [6.45, 7) is 12.4. The van der Waals surface area contributed by atoms with Gasteiger partial charge in [0.15, 0.2) is 0 Å². The summed E-state index contributed by atoms with van der Waals surface area (Å²) in [5.41, 5.74) is 1.24. The van der Waals surface area contributed by atoms with Gasteiger partial charge in [-0.3, -0.25) is 0 Å². The molecule has 27 heavy (non-hydrogen) atoms. The summed E-state index contributed by atoms with van der Waals surface area (Å²) >= 11 is 0. The van der Waals surface area contributed by atoms with Crippen molar-refractivity contribution in [1.82, 2.24) is 4.72 Å². The molecule has 8 heteroatoms. The highest BCUT2D eigenvalue weighted by atomic mass is 32.2. The highest BCUT2D eigenvalue weighted by Gasteiger charge is 2.51. The van der Waals surface area contributed by atoms with Gasteiger partial charge in [0.05, 0.1) is 35.7 Å². The molecule has 150 valence electrons. The average molecular weight is 395 g/mol. The molecular formula is C19H30BNO5S. The van der Waals surface area contributed by atoms with E-state index in [9.17, 15) is 8.42 Å². The van der Waals surface area contributed by atoms with Gasteiger partial charge in [0.1, 0.15) is 0 Å². The van der Waals surface area contributed by atoms with Gasteiger partial charge in [0, 0.05) is 5.92 Å². The van der Waals surface area contributed by atoms with Crippen molar-refractivity contribution in [3.05, 3.63) is 29.8 Å². The van der Waals surface area contributed by atoms with Crippen LogP contribution >= 0.6 is 0 Å². The molecule has 1 N–H and O–H groups in total. The topological polar surface area (TPSA) is 73.9 Å². The summed E-state index contributed by atoms with van der Waals surface area (Å²) in [7, 11) is -3.74. The standard InChI is InChI=1S/C19H30BNO5S/c1-13(2)27(22,23)21-17-12-24-11-16(17)14-7-9-15(10-8-14)20-25-18(3,4)19(5,6)26-20/h7-10,13,16-17,21H,11-12H2,1-6H3/t16-,17-/m1/s1. The fraction of sp³-hybridized carbons (Fsp3) is 0.684. The smallest absolute Gasteiger partial charge is 0.399 e. The Bertz CT molecular complexity index is 760. The van der Waals surface area contributed by atoms with Crippen LogP contribution < -0.4 is 10.2 Å². The van der Waals surface area contributed by atoms with Gasteiger partial charge < -0.3 is 14.0 Å². The van der Waals surface area contributed by atoms with E-state index in [-0.39, 0.29) is 23.2 Å². The quantitative estimate of drug-likeness (QED) is 0.770. The maximum absolute atomic E-state index is 12.2. The monoisotopic (exact) mass is 395 g/mol. The molecule has 6 nitrogen and oxygen atoms in total. The number of rotatable bonds is 5. The van der Waals surface area contributed by atoms with E-state index in [1.165, 1.54) is 0 Å². The van der Waals surface area contributed by atoms with Crippen molar-refractivity contribution >= 4 is 22.6 Å². The zero-order chi connectivity index (χ0) is 20.0. The van der Waals surface area contributed by atoms with Crippen LogP contribution in [0.2, 0.25) is 0 Å². The summed E-state index contributed by atoms with van der Waals surface area (Å²) < 4.78 is 45.0. The Morgan fingerprint density at radius 3 is 2.11 bits per heavy atom. The number of sulfonamides is 1. The first-order valence-electron chi connectivity index (χ1n) is 9.47. The SMILES string of the molecule is CC(C)S(=O)(=O)N[C@@H]1COC[C@@H]1c1ccc(B2OC(C)(C)C(C)(C)O2)cc1. The Morgan fingerprint density at radius 1 is 1.04 bits per heavy atom. The minimum Gasteiger partial charge on any atom is -0.399 e. The van der Waals surface area contributed by atoms with Crippen molar-refractivity contribution in [3.8, 4) is 0 Å².